The third-order valence-corrected chi connectivity index (χ3v) is 4.30. The van der Waals surface area contributed by atoms with Crippen LogP contribution >= 0.6 is 11.3 Å². The zero-order chi connectivity index (χ0) is 18.6. The Kier molecular flexibility index (Phi) is 5.22. The van der Waals surface area contributed by atoms with Crippen molar-refractivity contribution in [2.24, 2.45) is 0 Å². The topological polar surface area (TPSA) is 54.0 Å². The van der Waals surface area contributed by atoms with E-state index in [-0.39, 0.29) is 12.3 Å². The monoisotopic (exact) mass is 377 g/mol. The molecule has 0 aliphatic rings. The summed E-state index contributed by atoms with van der Waals surface area (Å²) >= 11 is 1.50. The molecule has 0 fully saturated rings. The number of nitrogens with zero attached hydrogens (tertiary/aromatic N) is 1. The number of amides is 1. The molecule has 0 aliphatic heterocycles. The van der Waals surface area contributed by atoms with Gasteiger partial charge >= 0.3 is 6.18 Å². The maximum atomic E-state index is 12.7. The molecule has 3 rings (SSSR count). The van der Waals surface area contributed by atoms with Gasteiger partial charge in [0.15, 0.2) is 0 Å². The molecule has 4 nitrogen and oxygen atoms in total. The second-order valence-electron chi connectivity index (χ2n) is 5.44. The van der Waals surface area contributed by atoms with Crippen molar-refractivity contribution in [1.82, 2.24) is 4.98 Å². The van der Waals surface area contributed by atoms with E-state index >= 15 is 0 Å². The first-order valence-corrected chi connectivity index (χ1v) is 8.51. The zero-order valence-corrected chi connectivity index (χ0v) is 14.2. The molecule has 0 bridgehead atoms. The highest BCUT2D eigenvalue weighted by molar-refractivity contribution is 7.10. The molecular formula is C18H14F3N3OS. The van der Waals surface area contributed by atoms with Gasteiger partial charge in [0.25, 0.3) is 0 Å². The van der Waals surface area contributed by atoms with Crippen LogP contribution < -0.4 is 10.6 Å². The van der Waals surface area contributed by atoms with E-state index in [9.17, 15) is 18.0 Å². The highest BCUT2D eigenvalue weighted by atomic mass is 32.1. The number of nitrogens with one attached hydrogen (secondary N) is 2. The molecule has 26 heavy (non-hydrogen) atoms. The Morgan fingerprint density at radius 1 is 1.08 bits per heavy atom. The smallest absolute Gasteiger partial charge is 0.354 e. The van der Waals surface area contributed by atoms with E-state index in [2.05, 4.69) is 15.6 Å². The van der Waals surface area contributed by atoms with Gasteiger partial charge in [0.05, 0.1) is 23.9 Å². The van der Waals surface area contributed by atoms with Gasteiger partial charge in [-0.3, -0.25) is 4.79 Å². The fourth-order valence-electron chi connectivity index (χ4n) is 2.24. The quantitative estimate of drug-likeness (QED) is 0.651. The van der Waals surface area contributed by atoms with Crippen molar-refractivity contribution in [2.75, 3.05) is 10.6 Å². The van der Waals surface area contributed by atoms with E-state index in [1.165, 1.54) is 29.7 Å². The van der Waals surface area contributed by atoms with Crippen LogP contribution in [-0.4, -0.2) is 10.9 Å². The second-order valence-corrected chi connectivity index (χ2v) is 6.47. The van der Waals surface area contributed by atoms with Gasteiger partial charge in [-0.25, -0.2) is 4.98 Å². The fraction of sp³-hybridized carbons (Fsp3) is 0.111. The normalized spacial score (nSPS) is 11.2. The third kappa shape index (κ3) is 4.82. The summed E-state index contributed by atoms with van der Waals surface area (Å²) in [5.74, 6) is 0.194. The Hall–Kier alpha value is -2.87. The van der Waals surface area contributed by atoms with Crippen LogP contribution in [0.2, 0.25) is 0 Å². The minimum Gasteiger partial charge on any atom is -0.354 e. The molecule has 2 N–H and O–H groups in total. The van der Waals surface area contributed by atoms with Crippen molar-refractivity contribution in [3.05, 3.63) is 70.5 Å². The Morgan fingerprint density at radius 3 is 2.58 bits per heavy atom. The number of thiophene rings is 1. The molecule has 0 saturated carbocycles. The molecule has 0 radical (unpaired) electrons. The number of benzene rings is 1. The third-order valence-electron chi connectivity index (χ3n) is 3.42. The van der Waals surface area contributed by atoms with E-state index in [4.69, 9.17) is 0 Å². The lowest BCUT2D eigenvalue weighted by Gasteiger charge is -2.11. The molecule has 0 atom stereocenters. The van der Waals surface area contributed by atoms with E-state index in [0.717, 1.165) is 17.0 Å². The molecule has 0 spiro atoms. The van der Waals surface area contributed by atoms with Crippen molar-refractivity contribution in [3.8, 4) is 0 Å². The van der Waals surface area contributed by atoms with Gasteiger partial charge in [0.2, 0.25) is 5.91 Å². The van der Waals surface area contributed by atoms with Crippen LogP contribution in [0, 0.1) is 0 Å². The molecule has 0 unspecified atom stereocenters. The van der Waals surface area contributed by atoms with Crippen molar-refractivity contribution < 1.29 is 18.0 Å². The van der Waals surface area contributed by atoms with E-state index in [1.807, 2.05) is 17.5 Å². The molecule has 134 valence electrons. The van der Waals surface area contributed by atoms with Gasteiger partial charge in [-0.1, -0.05) is 12.1 Å². The number of rotatable bonds is 5. The molecule has 2 aromatic heterocycles. The van der Waals surface area contributed by atoms with E-state index in [1.54, 1.807) is 12.1 Å². The molecular weight excluding hydrogens is 363 g/mol. The summed E-state index contributed by atoms with van der Waals surface area (Å²) in [6.07, 6.45) is -2.68. The van der Waals surface area contributed by atoms with Crippen LogP contribution in [-0.2, 0) is 17.4 Å². The SMILES string of the molecule is O=C(Cc1cccs1)Nc1ccc(Nc2cccc(C(F)(F)F)c2)cn1. The predicted octanol–water partition coefficient (Wildman–Crippen LogP) is 5.09. The minimum absolute atomic E-state index is 0.182. The van der Waals surface area contributed by atoms with Gasteiger partial charge in [-0.15, -0.1) is 11.3 Å². The molecule has 2 heterocycles. The number of pyridine rings is 1. The number of carbonyl (C=O) groups is 1. The highest BCUT2D eigenvalue weighted by Crippen LogP contribution is 2.31. The fourth-order valence-corrected chi connectivity index (χ4v) is 2.94. The van der Waals surface area contributed by atoms with Crippen LogP contribution in [0.25, 0.3) is 0 Å². The molecule has 8 heteroatoms. The van der Waals surface area contributed by atoms with Crippen molar-refractivity contribution in [1.29, 1.82) is 0 Å². The van der Waals surface area contributed by atoms with Gasteiger partial charge in [-0.2, -0.15) is 13.2 Å². The summed E-state index contributed by atoms with van der Waals surface area (Å²) in [7, 11) is 0. The molecule has 0 aliphatic carbocycles. The first kappa shape index (κ1) is 17.9. The standard InChI is InChI=1S/C18H14F3N3OS/c19-18(20,21)12-3-1-4-13(9-12)23-14-6-7-16(22-11-14)24-17(25)10-15-5-2-8-26-15/h1-9,11,23H,10H2,(H,22,24,25). The Balaban J connectivity index is 1.62. The number of carbonyl (C=O) groups excluding carboxylic acids is 1. The molecule has 1 aromatic carbocycles. The summed E-state index contributed by atoms with van der Waals surface area (Å²) in [6.45, 7) is 0. The minimum atomic E-state index is -4.40. The van der Waals surface area contributed by atoms with Gasteiger partial charge in [0.1, 0.15) is 5.82 Å². The van der Waals surface area contributed by atoms with Gasteiger partial charge < -0.3 is 10.6 Å². The predicted molar refractivity (Wildman–Crippen MR) is 95.6 cm³/mol. The highest BCUT2D eigenvalue weighted by Gasteiger charge is 2.30. The summed E-state index contributed by atoms with van der Waals surface area (Å²) in [4.78, 5) is 17.0. The van der Waals surface area contributed by atoms with Crippen LogP contribution in [0.3, 0.4) is 0 Å². The number of halogens is 3. The van der Waals surface area contributed by atoms with E-state index < -0.39 is 11.7 Å². The summed E-state index contributed by atoms with van der Waals surface area (Å²) in [5.41, 5.74) is 0.0876. The number of hydrogen-bond donors (Lipinski definition) is 2. The van der Waals surface area contributed by atoms with Crippen LogP contribution in [0.1, 0.15) is 10.4 Å². The van der Waals surface area contributed by atoms with Gasteiger partial charge in [-0.05, 0) is 41.8 Å². The van der Waals surface area contributed by atoms with Crippen molar-refractivity contribution in [2.45, 2.75) is 12.6 Å². The van der Waals surface area contributed by atoms with Crippen molar-refractivity contribution >= 4 is 34.4 Å². The average Bonchev–Trinajstić information content (AvgIpc) is 3.09. The Labute approximate surface area is 151 Å². The number of aromatic nitrogens is 1. The Bertz CT molecular complexity index is 877. The lowest BCUT2D eigenvalue weighted by atomic mass is 10.2. The first-order chi connectivity index (χ1) is 12.4. The zero-order valence-electron chi connectivity index (χ0n) is 13.4. The van der Waals surface area contributed by atoms with Crippen LogP contribution in [0.15, 0.2) is 60.1 Å². The lowest BCUT2D eigenvalue weighted by Crippen LogP contribution is -2.14. The summed E-state index contributed by atoms with van der Waals surface area (Å²) in [6, 6.07) is 11.9. The van der Waals surface area contributed by atoms with E-state index in [0.29, 0.717) is 17.2 Å². The number of alkyl halides is 3. The first-order valence-electron chi connectivity index (χ1n) is 7.63. The maximum Gasteiger partial charge on any atom is 0.416 e. The maximum absolute atomic E-state index is 12.7. The number of anilines is 3. The lowest BCUT2D eigenvalue weighted by molar-refractivity contribution is -0.137. The average molecular weight is 377 g/mol. The molecule has 1 amide bonds. The second kappa shape index (κ2) is 7.57. The molecule has 0 saturated heterocycles. The van der Waals surface area contributed by atoms with Crippen LogP contribution in [0.5, 0.6) is 0 Å². The number of hydrogen-bond acceptors (Lipinski definition) is 4. The van der Waals surface area contributed by atoms with Crippen molar-refractivity contribution in [3.63, 3.8) is 0 Å². The summed E-state index contributed by atoms with van der Waals surface area (Å²) < 4.78 is 38.2. The van der Waals surface area contributed by atoms with Crippen LogP contribution in [0.4, 0.5) is 30.4 Å². The largest absolute Gasteiger partial charge is 0.416 e. The Morgan fingerprint density at radius 2 is 1.92 bits per heavy atom. The van der Waals surface area contributed by atoms with Gasteiger partial charge in [0, 0.05) is 10.6 Å². The molecule has 3 aromatic rings. The summed E-state index contributed by atoms with van der Waals surface area (Å²) in [5, 5.41) is 7.44.